The Balaban J connectivity index is 1.61. The number of rotatable bonds is 6. The van der Waals surface area contributed by atoms with Gasteiger partial charge in [-0.3, -0.25) is 9.10 Å². The van der Waals surface area contributed by atoms with Crippen LogP contribution in [-0.4, -0.2) is 32.7 Å². The summed E-state index contributed by atoms with van der Waals surface area (Å²) in [6, 6.07) is 22.9. The van der Waals surface area contributed by atoms with Gasteiger partial charge in [0.25, 0.3) is 5.91 Å². The predicted octanol–water partition coefficient (Wildman–Crippen LogP) is 4.61. The molecule has 0 radical (unpaired) electrons. The molecule has 6 nitrogen and oxygen atoms in total. The minimum Gasteiger partial charge on any atom is -0.457 e. The molecular formula is C25H26N2O4S. The van der Waals surface area contributed by atoms with E-state index >= 15 is 0 Å². The van der Waals surface area contributed by atoms with Gasteiger partial charge in [-0.1, -0.05) is 36.4 Å². The van der Waals surface area contributed by atoms with E-state index in [1.54, 1.807) is 36.1 Å². The summed E-state index contributed by atoms with van der Waals surface area (Å²) < 4.78 is 32.4. The third kappa shape index (κ3) is 4.34. The molecule has 166 valence electrons. The molecular weight excluding hydrogens is 424 g/mol. The summed E-state index contributed by atoms with van der Waals surface area (Å²) in [5, 5.41) is 0. The van der Waals surface area contributed by atoms with Crippen molar-refractivity contribution in [3.8, 4) is 11.5 Å². The topological polar surface area (TPSA) is 66.9 Å². The fraction of sp³-hybridized carbons (Fsp3) is 0.240. The van der Waals surface area contributed by atoms with E-state index < -0.39 is 16.1 Å². The van der Waals surface area contributed by atoms with Crippen molar-refractivity contribution in [2.45, 2.75) is 32.4 Å². The molecule has 1 aliphatic heterocycles. The van der Waals surface area contributed by atoms with Crippen LogP contribution < -0.4 is 13.9 Å². The number of hydrogen-bond donors (Lipinski definition) is 0. The van der Waals surface area contributed by atoms with Crippen LogP contribution in [0.15, 0.2) is 78.9 Å². The zero-order valence-corrected chi connectivity index (χ0v) is 19.1. The molecule has 3 aromatic rings. The minimum absolute atomic E-state index is 0.0367. The van der Waals surface area contributed by atoms with Crippen molar-refractivity contribution in [3.05, 3.63) is 84.4 Å². The Morgan fingerprint density at radius 2 is 1.56 bits per heavy atom. The van der Waals surface area contributed by atoms with Gasteiger partial charge in [0.05, 0.1) is 11.9 Å². The van der Waals surface area contributed by atoms with Gasteiger partial charge < -0.3 is 9.64 Å². The van der Waals surface area contributed by atoms with E-state index in [0.717, 1.165) is 23.9 Å². The molecule has 0 saturated heterocycles. The Morgan fingerprint density at radius 1 is 0.969 bits per heavy atom. The van der Waals surface area contributed by atoms with Gasteiger partial charge in [0, 0.05) is 11.7 Å². The fourth-order valence-electron chi connectivity index (χ4n) is 4.19. The van der Waals surface area contributed by atoms with Crippen molar-refractivity contribution in [1.82, 2.24) is 0 Å². The maximum absolute atomic E-state index is 13.5. The van der Waals surface area contributed by atoms with Gasteiger partial charge in [0.2, 0.25) is 10.0 Å². The van der Waals surface area contributed by atoms with E-state index in [2.05, 4.69) is 0 Å². The first-order valence-corrected chi connectivity index (χ1v) is 12.3. The highest BCUT2D eigenvalue weighted by Crippen LogP contribution is 2.34. The zero-order chi connectivity index (χ0) is 22.9. The number of carbonyl (C=O) groups is 1. The Hall–Kier alpha value is -3.32. The lowest BCUT2D eigenvalue weighted by atomic mass is 10.1. The molecule has 0 aliphatic carbocycles. The highest BCUT2D eigenvalue weighted by molar-refractivity contribution is 7.92. The Labute approximate surface area is 189 Å². The van der Waals surface area contributed by atoms with Crippen molar-refractivity contribution in [1.29, 1.82) is 0 Å². The van der Waals surface area contributed by atoms with Crippen LogP contribution in [0.4, 0.5) is 11.4 Å². The monoisotopic (exact) mass is 450 g/mol. The normalized spacial score (nSPS) is 16.3. The second-order valence-electron chi connectivity index (χ2n) is 8.03. The molecule has 0 aromatic heterocycles. The zero-order valence-electron chi connectivity index (χ0n) is 18.3. The van der Waals surface area contributed by atoms with E-state index in [9.17, 15) is 13.2 Å². The van der Waals surface area contributed by atoms with Crippen molar-refractivity contribution >= 4 is 27.3 Å². The highest BCUT2D eigenvalue weighted by atomic mass is 32.2. The van der Waals surface area contributed by atoms with Crippen molar-refractivity contribution in [2.75, 3.05) is 15.5 Å². The van der Waals surface area contributed by atoms with Crippen molar-refractivity contribution in [3.63, 3.8) is 0 Å². The van der Waals surface area contributed by atoms with Crippen LogP contribution in [0.1, 0.15) is 19.4 Å². The molecule has 4 rings (SSSR count). The predicted molar refractivity (Wildman–Crippen MR) is 127 cm³/mol. The summed E-state index contributed by atoms with van der Waals surface area (Å²) in [7, 11) is -3.71. The molecule has 0 fully saturated rings. The standard InChI is InChI=1S/C25H26N2O4S/c1-18-17-20-9-7-8-12-24(20)26(18)25(28)19(2)27(32(3,29)30)21-13-15-23(16-14-21)31-22-10-5-4-6-11-22/h4-16,18-19H,17H2,1-3H3/t18-,19-/m0/s1. The summed E-state index contributed by atoms with van der Waals surface area (Å²) in [6.45, 7) is 3.61. The van der Waals surface area contributed by atoms with Crippen LogP contribution in [0.25, 0.3) is 0 Å². The van der Waals surface area contributed by atoms with Crippen LogP contribution in [-0.2, 0) is 21.2 Å². The van der Waals surface area contributed by atoms with Gasteiger partial charge in [0.15, 0.2) is 0 Å². The summed E-state index contributed by atoms with van der Waals surface area (Å²) in [5.74, 6) is 1.01. The third-order valence-electron chi connectivity index (χ3n) is 5.58. The maximum Gasteiger partial charge on any atom is 0.250 e. The molecule has 7 heteroatoms. The Bertz CT molecular complexity index is 1210. The quantitative estimate of drug-likeness (QED) is 0.550. The summed E-state index contributed by atoms with van der Waals surface area (Å²) >= 11 is 0. The van der Waals surface area contributed by atoms with Crippen LogP contribution in [0.5, 0.6) is 11.5 Å². The summed E-state index contributed by atoms with van der Waals surface area (Å²) in [4.78, 5) is 15.2. The summed E-state index contributed by atoms with van der Waals surface area (Å²) in [6.07, 6.45) is 1.87. The third-order valence-corrected chi connectivity index (χ3v) is 6.82. The first-order valence-electron chi connectivity index (χ1n) is 10.5. The second kappa shape index (κ2) is 8.67. The number of sulfonamides is 1. The van der Waals surface area contributed by atoms with Gasteiger partial charge >= 0.3 is 0 Å². The molecule has 0 saturated carbocycles. The molecule has 2 atom stereocenters. The summed E-state index contributed by atoms with van der Waals surface area (Å²) in [5.41, 5.74) is 2.35. The van der Waals surface area contributed by atoms with E-state index in [1.165, 1.54) is 4.31 Å². The lowest BCUT2D eigenvalue weighted by Crippen LogP contribution is -2.51. The first kappa shape index (κ1) is 21.9. The SMILES string of the molecule is C[C@H]1Cc2ccccc2N1C(=O)[C@H](C)N(c1ccc(Oc2ccccc2)cc1)S(C)(=O)=O. The van der Waals surface area contributed by atoms with Gasteiger partial charge in [-0.15, -0.1) is 0 Å². The average Bonchev–Trinajstić information content (AvgIpc) is 3.10. The average molecular weight is 451 g/mol. The number of para-hydroxylation sites is 2. The Morgan fingerprint density at radius 3 is 2.22 bits per heavy atom. The van der Waals surface area contributed by atoms with E-state index in [1.807, 2.05) is 61.5 Å². The van der Waals surface area contributed by atoms with Gasteiger partial charge in [0.1, 0.15) is 17.5 Å². The highest BCUT2D eigenvalue weighted by Gasteiger charge is 2.37. The maximum atomic E-state index is 13.5. The van der Waals surface area contributed by atoms with Crippen LogP contribution in [0.2, 0.25) is 0 Å². The first-order chi connectivity index (χ1) is 15.3. The van der Waals surface area contributed by atoms with Crippen molar-refractivity contribution in [2.24, 2.45) is 0 Å². The molecule has 0 N–H and O–H groups in total. The van der Waals surface area contributed by atoms with Gasteiger partial charge in [-0.2, -0.15) is 0 Å². The molecule has 1 aliphatic rings. The number of anilines is 2. The van der Waals surface area contributed by atoms with Crippen molar-refractivity contribution < 1.29 is 17.9 Å². The van der Waals surface area contributed by atoms with Gasteiger partial charge in [-0.25, -0.2) is 8.42 Å². The number of ether oxygens (including phenoxy) is 1. The number of nitrogens with zero attached hydrogens (tertiary/aromatic N) is 2. The number of hydrogen-bond acceptors (Lipinski definition) is 4. The molecule has 0 bridgehead atoms. The molecule has 32 heavy (non-hydrogen) atoms. The lowest BCUT2D eigenvalue weighted by Gasteiger charge is -2.33. The van der Waals surface area contributed by atoms with Crippen LogP contribution in [0, 0.1) is 0 Å². The minimum atomic E-state index is -3.71. The lowest BCUT2D eigenvalue weighted by molar-refractivity contribution is -0.119. The molecule has 0 unspecified atom stereocenters. The Kier molecular flexibility index (Phi) is 5.93. The van der Waals surface area contributed by atoms with Crippen LogP contribution in [0.3, 0.4) is 0 Å². The molecule has 1 amide bonds. The number of carbonyl (C=O) groups excluding carboxylic acids is 1. The van der Waals surface area contributed by atoms with Gasteiger partial charge in [-0.05, 0) is 68.3 Å². The number of amides is 1. The van der Waals surface area contributed by atoms with E-state index in [0.29, 0.717) is 17.2 Å². The second-order valence-corrected chi connectivity index (χ2v) is 9.89. The van der Waals surface area contributed by atoms with Crippen LogP contribution >= 0.6 is 0 Å². The molecule has 0 spiro atoms. The molecule has 1 heterocycles. The smallest absolute Gasteiger partial charge is 0.250 e. The number of fused-ring (bicyclic) bond motifs is 1. The van der Waals surface area contributed by atoms with E-state index in [4.69, 9.17) is 4.74 Å². The largest absolute Gasteiger partial charge is 0.457 e. The number of benzene rings is 3. The fourth-order valence-corrected chi connectivity index (χ4v) is 5.36. The molecule has 3 aromatic carbocycles. The van der Waals surface area contributed by atoms with E-state index in [-0.39, 0.29) is 11.9 Å².